The second kappa shape index (κ2) is 6.65. The van der Waals surface area contributed by atoms with Gasteiger partial charge in [-0.05, 0) is 50.0 Å². The first-order valence-corrected chi connectivity index (χ1v) is 7.40. The van der Waals surface area contributed by atoms with E-state index in [-0.39, 0.29) is 12.6 Å². The topological polar surface area (TPSA) is 67.6 Å². The molecule has 0 aliphatic carbocycles. The number of alkyl halides is 1. The number of carbonyl (C=O) groups excluding carboxylic acids is 1. The van der Waals surface area contributed by atoms with Gasteiger partial charge in [0.2, 0.25) is 0 Å². The van der Waals surface area contributed by atoms with Crippen LogP contribution in [0.1, 0.15) is 34.1 Å². The lowest BCUT2D eigenvalue weighted by Crippen LogP contribution is -2.53. The third-order valence-electron chi connectivity index (χ3n) is 2.95. The minimum atomic E-state index is -1.15. The molecule has 0 saturated carbocycles. The van der Waals surface area contributed by atoms with Crippen LogP contribution < -0.4 is 11.1 Å². The van der Waals surface area contributed by atoms with Crippen molar-refractivity contribution in [1.29, 1.82) is 0 Å². The highest BCUT2D eigenvalue weighted by molar-refractivity contribution is 9.11. The van der Waals surface area contributed by atoms with Crippen molar-refractivity contribution in [3.05, 3.63) is 10.3 Å². The standard InChI is InChI=1S/C13H23BrFN3O2/c1-8(11(14)16)17-10-5-6-18(7-9(10)15)12(19)20-13(2,3)4/h9-10,17H,5-7,16H2,1-4H3/b11-8-. The van der Waals surface area contributed by atoms with Gasteiger partial charge in [0.25, 0.3) is 0 Å². The summed E-state index contributed by atoms with van der Waals surface area (Å²) < 4.78 is 19.8. The smallest absolute Gasteiger partial charge is 0.410 e. The first-order chi connectivity index (χ1) is 9.10. The average molecular weight is 352 g/mol. The van der Waals surface area contributed by atoms with Crippen LogP contribution in [0.4, 0.5) is 9.18 Å². The van der Waals surface area contributed by atoms with E-state index in [1.165, 1.54) is 4.90 Å². The molecule has 0 aromatic carbocycles. The normalized spacial score (nSPS) is 25.0. The number of nitrogens with two attached hydrogens (primary N) is 1. The van der Waals surface area contributed by atoms with Crippen LogP contribution in [0, 0.1) is 0 Å². The minimum Gasteiger partial charge on any atom is -0.444 e. The summed E-state index contributed by atoms with van der Waals surface area (Å²) in [5, 5.41) is 3.03. The number of nitrogens with one attached hydrogen (secondary N) is 1. The summed E-state index contributed by atoms with van der Waals surface area (Å²) in [4.78, 5) is 13.3. The number of carbonyl (C=O) groups is 1. The molecule has 116 valence electrons. The Bertz CT molecular complexity index is 392. The van der Waals surface area contributed by atoms with E-state index in [0.29, 0.717) is 23.3 Å². The molecule has 1 aliphatic heterocycles. The molecule has 1 aliphatic rings. The van der Waals surface area contributed by atoms with Crippen LogP contribution in [-0.4, -0.2) is 41.9 Å². The number of hydrogen-bond acceptors (Lipinski definition) is 4. The summed E-state index contributed by atoms with van der Waals surface area (Å²) in [5.41, 5.74) is 5.70. The maximum atomic E-state index is 14.1. The molecular formula is C13H23BrFN3O2. The van der Waals surface area contributed by atoms with Crippen molar-refractivity contribution in [2.24, 2.45) is 5.73 Å². The number of amides is 1. The first kappa shape index (κ1) is 17.1. The third-order valence-corrected chi connectivity index (χ3v) is 3.55. The molecule has 2 unspecified atom stereocenters. The fraction of sp³-hybridized carbons (Fsp3) is 0.769. The number of allylic oxidation sites excluding steroid dienone is 1. The number of halogens is 2. The molecule has 0 aromatic rings. The van der Waals surface area contributed by atoms with Crippen LogP contribution in [0.3, 0.4) is 0 Å². The number of piperidine rings is 1. The molecule has 5 nitrogen and oxygen atoms in total. The van der Waals surface area contributed by atoms with Crippen molar-refractivity contribution in [2.75, 3.05) is 13.1 Å². The number of nitrogens with zero attached hydrogens (tertiary/aromatic N) is 1. The quantitative estimate of drug-likeness (QED) is 0.750. The lowest BCUT2D eigenvalue weighted by atomic mass is 10.0. The molecule has 7 heteroatoms. The van der Waals surface area contributed by atoms with Gasteiger partial charge in [-0.3, -0.25) is 0 Å². The predicted octanol–water partition coefficient (Wildman–Crippen LogP) is 2.47. The van der Waals surface area contributed by atoms with Crippen molar-refractivity contribution in [1.82, 2.24) is 10.2 Å². The highest BCUT2D eigenvalue weighted by Crippen LogP contribution is 2.19. The predicted molar refractivity (Wildman–Crippen MR) is 80.1 cm³/mol. The zero-order chi connectivity index (χ0) is 15.5. The summed E-state index contributed by atoms with van der Waals surface area (Å²) in [7, 11) is 0. The molecule has 1 rings (SSSR count). The van der Waals surface area contributed by atoms with E-state index in [1.807, 2.05) is 0 Å². The van der Waals surface area contributed by atoms with E-state index >= 15 is 0 Å². The highest BCUT2D eigenvalue weighted by Gasteiger charge is 2.33. The van der Waals surface area contributed by atoms with Gasteiger partial charge < -0.3 is 20.7 Å². The van der Waals surface area contributed by atoms with Crippen molar-refractivity contribution >= 4 is 22.0 Å². The molecule has 20 heavy (non-hydrogen) atoms. The van der Waals surface area contributed by atoms with E-state index in [4.69, 9.17) is 10.5 Å². The van der Waals surface area contributed by atoms with Gasteiger partial charge in [0.15, 0.2) is 0 Å². The minimum absolute atomic E-state index is 0.0298. The van der Waals surface area contributed by atoms with Crippen LogP contribution in [0.25, 0.3) is 0 Å². The van der Waals surface area contributed by atoms with Crippen molar-refractivity contribution < 1.29 is 13.9 Å². The van der Waals surface area contributed by atoms with Crippen LogP contribution in [0.5, 0.6) is 0 Å². The lowest BCUT2D eigenvalue weighted by molar-refractivity contribution is 0.0100. The fourth-order valence-electron chi connectivity index (χ4n) is 1.91. The molecule has 0 bridgehead atoms. The van der Waals surface area contributed by atoms with Gasteiger partial charge in [0.1, 0.15) is 11.8 Å². The van der Waals surface area contributed by atoms with Gasteiger partial charge in [-0.25, -0.2) is 9.18 Å². The summed E-state index contributed by atoms with van der Waals surface area (Å²) >= 11 is 3.14. The molecule has 1 amide bonds. The molecular weight excluding hydrogens is 329 g/mol. The van der Waals surface area contributed by atoms with E-state index in [9.17, 15) is 9.18 Å². The Morgan fingerprint density at radius 3 is 2.55 bits per heavy atom. The number of likely N-dealkylation sites (tertiary alicyclic amines) is 1. The maximum absolute atomic E-state index is 14.1. The average Bonchev–Trinajstić information content (AvgIpc) is 2.29. The Morgan fingerprint density at radius 1 is 1.50 bits per heavy atom. The van der Waals surface area contributed by atoms with Crippen molar-refractivity contribution in [2.45, 2.75) is 51.9 Å². The van der Waals surface area contributed by atoms with E-state index < -0.39 is 17.9 Å². The lowest BCUT2D eigenvalue weighted by Gasteiger charge is -2.36. The number of ether oxygens (including phenoxy) is 1. The third kappa shape index (κ3) is 5.19. The van der Waals surface area contributed by atoms with Gasteiger partial charge in [-0.2, -0.15) is 0 Å². The van der Waals surface area contributed by atoms with Gasteiger partial charge in [0, 0.05) is 12.2 Å². The molecule has 0 aromatic heterocycles. The monoisotopic (exact) mass is 351 g/mol. The van der Waals surface area contributed by atoms with Crippen LogP contribution in [0.2, 0.25) is 0 Å². The molecule has 1 heterocycles. The van der Waals surface area contributed by atoms with Crippen LogP contribution in [0.15, 0.2) is 10.3 Å². The van der Waals surface area contributed by atoms with E-state index in [0.717, 1.165) is 0 Å². The van der Waals surface area contributed by atoms with E-state index in [1.54, 1.807) is 27.7 Å². The van der Waals surface area contributed by atoms with Gasteiger partial charge in [-0.15, -0.1) is 0 Å². The van der Waals surface area contributed by atoms with Crippen LogP contribution in [-0.2, 0) is 4.74 Å². The van der Waals surface area contributed by atoms with Crippen LogP contribution >= 0.6 is 15.9 Å². The van der Waals surface area contributed by atoms with Gasteiger partial charge in [0.05, 0.1) is 17.2 Å². The zero-order valence-electron chi connectivity index (χ0n) is 12.4. The Labute approximate surface area is 127 Å². The summed E-state index contributed by atoms with van der Waals surface area (Å²) in [6.45, 7) is 7.64. The molecule has 3 N–H and O–H groups in total. The second-order valence-corrected chi connectivity index (χ2v) is 6.81. The van der Waals surface area contributed by atoms with Crippen molar-refractivity contribution in [3.63, 3.8) is 0 Å². The Hall–Kier alpha value is -0.980. The Morgan fingerprint density at radius 2 is 2.10 bits per heavy atom. The van der Waals surface area contributed by atoms with E-state index in [2.05, 4.69) is 21.2 Å². The second-order valence-electron chi connectivity index (χ2n) is 5.95. The maximum Gasteiger partial charge on any atom is 0.410 e. The first-order valence-electron chi connectivity index (χ1n) is 6.60. The zero-order valence-corrected chi connectivity index (χ0v) is 14.0. The highest BCUT2D eigenvalue weighted by atomic mass is 79.9. The molecule has 2 atom stereocenters. The molecule has 1 fully saturated rings. The van der Waals surface area contributed by atoms with Crippen molar-refractivity contribution in [3.8, 4) is 0 Å². The fourth-order valence-corrected chi connectivity index (χ4v) is 2.02. The Kier molecular flexibility index (Phi) is 5.68. The number of hydrogen-bond donors (Lipinski definition) is 2. The molecule has 1 saturated heterocycles. The largest absolute Gasteiger partial charge is 0.444 e. The number of rotatable bonds is 2. The molecule has 0 radical (unpaired) electrons. The summed E-state index contributed by atoms with van der Waals surface area (Å²) in [6.07, 6.45) is -1.11. The summed E-state index contributed by atoms with van der Waals surface area (Å²) in [5.74, 6) is 0. The van der Waals surface area contributed by atoms with Gasteiger partial charge in [-0.1, -0.05) is 0 Å². The summed E-state index contributed by atoms with van der Waals surface area (Å²) in [6, 6.07) is -0.343. The molecule has 0 spiro atoms. The van der Waals surface area contributed by atoms with Gasteiger partial charge >= 0.3 is 6.09 Å². The Balaban J connectivity index is 2.55. The SMILES string of the molecule is C/C(NC1CCN(C(=O)OC(C)(C)C)CC1F)=C(/N)Br.